The van der Waals surface area contributed by atoms with Crippen molar-refractivity contribution in [2.75, 3.05) is 17.4 Å². The van der Waals surface area contributed by atoms with Crippen LogP contribution >= 0.6 is 0 Å². The average Bonchev–Trinajstić information content (AvgIpc) is 2.83. The molecule has 1 aromatic carbocycles. The monoisotopic (exact) mass is 300 g/mol. The fourth-order valence-electron chi connectivity index (χ4n) is 2.20. The van der Waals surface area contributed by atoms with Crippen molar-refractivity contribution in [2.45, 2.75) is 33.2 Å². The fourth-order valence-corrected chi connectivity index (χ4v) is 2.20. The molecule has 0 saturated carbocycles. The van der Waals surface area contributed by atoms with E-state index in [9.17, 15) is 0 Å². The molecule has 116 valence electrons. The minimum Gasteiger partial charge on any atom is -0.454 e. The number of fused-ring (bicyclic) bond motifs is 1. The van der Waals surface area contributed by atoms with Crippen LogP contribution in [0.1, 0.15) is 26.6 Å². The molecule has 0 amide bonds. The van der Waals surface area contributed by atoms with Crippen LogP contribution in [0.25, 0.3) is 0 Å². The van der Waals surface area contributed by atoms with E-state index in [1.54, 1.807) is 0 Å². The first kappa shape index (κ1) is 14.4. The van der Waals surface area contributed by atoms with Gasteiger partial charge in [-0.3, -0.25) is 0 Å². The maximum atomic E-state index is 5.38. The van der Waals surface area contributed by atoms with Crippen molar-refractivity contribution < 1.29 is 9.47 Å². The van der Waals surface area contributed by atoms with E-state index in [4.69, 9.17) is 9.47 Å². The summed E-state index contributed by atoms with van der Waals surface area (Å²) in [6.07, 6.45) is 0. The van der Waals surface area contributed by atoms with Gasteiger partial charge in [0.1, 0.15) is 17.5 Å². The predicted molar refractivity (Wildman–Crippen MR) is 86.0 cm³/mol. The van der Waals surface area contributed by atoms with Gasteiger partial charge in [-0.15, -0.1) is 0 Å². The molecule has 0 spiro atoms. The van der Waals surface area contributed by atoms with E-state index < -0.39 is 0 Å². The molecule has 0 bridgehead atoms. The second-order valence-electron chi connectivity index (χ2n) is 6.25. The zero-order valence-corrected chi connectivity index (χ0v) is 13.2. The van der Waals surface area contributed by atoms with E-state index in [0.29, 0.717) is 5.82 Å². The number of ether oxygens (including phenoxy) is 2. The highest BCUT2D eigenvalue weighted by molar-refractivity contribution is 5.63. The third-order valence-electron chi connectivity index (χ3n) is 2.99. The van der Waals surface area contributed by atoms with Crippen LogP contribution in [-0.2, 0) is 0 Å². The zero-order chi connectivity index (χ0) is 15.7. The van der Waals surface area contributed by atoms with E-state index in [2.05, 4.69) is 41.4 Å². The lowest BCUT2D eigenvalue weighted by molar-refractivity contribution is 0.174. The summed E-state index contributed by atoms with van der Waals surface area (Å²) >= 11 is 0. The highest BCUT2D eigenvalue weighted by Crippen LogP contribution is 2.35. The van der Waals surface area contributed by atoms with Crippen molar-refractivity contribution in [1.29, 1.82) is 0 Å². The Labute approximate surface area is 129 Å². The summed E-state index contributed by atoms with van der Waals surface area (Å²) < 4.78 is 10.7. The van der Waals surface area contributed by atoms with Gasteiger partial charge < -0.3 is 20.1 Å². The first-order valence-corrected chi connectivity index (χ1v) is 7.20. The molecule has 0 radical (unpaired) electrons. The van der Waals surface area contributed by atoms with Crippen LogP contribution in [0.4, 0.5) is 17.3 Å². The van der Waals surface area contributed by atoms with Crippen molar-refractivity contribution in [3.63, 3.8) is 0 Å². The van der Waals surface area contributed by atoms with E-state index in [-0.39, 0.29) is 12.3 Å². The standard InChI is InChI=1S/C16H20N4O2/c1-10-17-14(8-15(18-10)20-16(2,3)4)19-11-5-6-12-13(7-11)22-9-21-12/h5-8H,9H2,1-4H3,(H2,17,18,19,20). The largest absolute Gasteiger partial charge is 0.454 e. The van der Waals surface area contributed by atoms with Gasteiger partial charge in [-0.05, 0) is 39.8 Å². The molecule has 0 atom stereocenters. The lowest BCUT2D eigenvalue weighted by Gasteiger charge is -2.21. The van der Waals surface area contributed by atoms with Crippen molar-refractivity contribution in [1.82, 2.24) is 9.97 Å². The summed E-state index contributed by atoms with van der Waals surface area (Å²) in [6, 6.07) is 7.61. The molecule has 0 unspecified atom stereocenters. The summed E-state index contributed by atoms with van der Waals surface area (Å²) in [5, 5.41) is 6.63. The number of hydrogen-bond acceptors (Lipinski definition) is 6. The number of rotatable bonds is 3. The van der Waals surface area contributed by atoms with E-state index in [0.717, 1.165) is 28.8 Å². The van der Waals surface area contributed by atoms with E-state index in [1.807, 2.05) is 31.2 Å². The minimum absolute atomic E-state index is 0.0587. The van der Waals surface area contributed by atoms with Crippen LogP contribution in [0.15, 0.2) is 24.3 Å². The first-order chi connectivity index (χ1) is 10.4. The number of hydrogen-bond donors (Lipinski definition) is 2. The smallest absolute Gasteiger partial charge is 0.231 e. The molecular formula is C16H20N4O2. The molecule has 2 aromatic rings. The number of aromatic nitrogens is 2. The molecular weight excluding hydrogens is 280 g/mol. The van der Waals surface area contributed by atoms with Crippen molar-refractivity contribution in [3.8, 4) is 11.5 Å². The Balaban J connectivity index is 1.83. The molecule has 1 aromatic heterocycles. The predicted octanol–water partition coefficient (Wildman–Crippen LogP) is 3.47. The summed E-state index contributed by atoms with van der Waals surface area (Å²) in [5.41, 5.74) is 0.834. The number of aryl methyl sites for hydroxylation is 1. The van der Waals surface area contributed by atoms with E-state index in [1.165, 1.54) is 0 Å². The molecule has 2 N–H and O–H groups in total. The molecule has 6 heteroatoms. The number of benzene rings is 1. The van der Waals surface area contributed by atoms with Crippen LogP contribution in [0.5, 0.6) is 11.5 Å². The number of nitrogens with one attached hydrogen (secondary N) is 2. The highest BCUT2D eigenvalue weighted by Gasteiger charge is 2.14. The first-order valence-electron chi connectivity index (χ1n) is 7.20. The van der Waals surface area contributed by atoms with Gasteiger partial charge in [-0.25, -0.2) is 9.97 Å². The second-order valence-corrected chi connectivity index (χ2v) is 6.25. The fraction of sp³-hybridized carbons (Fsp3) is 0.375. The molecule has 3 rings (SSSR count). The Morgan fingerprint density at radius 1 is 1.00 bits per heavy atom. The Bertz CT molecular complexity index is 695. The van der Waals surface area contributed by atoms with Crippen LogP contribution in [0.2, 0.25) is 0 Å². The van der Waals surface area contributed by atoms with Crippen molar-refractivity contribution >= 4 is 17.3 Å². The topological polar surface area (TPSA) is 68.3 Å². The second kappa shape index (κ2) is 5.36. The third kappa shape index (κ3) is 3.39. The molecule has 1 aliphatic heterocycles. The molecule has 2 heterocycles. The Hall–Kier alpha value is -2.50. The lowest BCUT2D eigenvalue weighted by atomic mass is 10.1. The molecule has 0 fully saturated rings. The van der Waals surface area contributed by atoms with Crippen LogP contribution in [0, 0.1) is 6.92 Å². The minimum atomic E-state index is -0.0587. The Morgan fingerprint density at radius 2 is 1.73 bits per heavy atom. The lowest BCUT2D eigenvalue weighted by Crippen LogP contribution is -2.26. The van der Waals surface area contributed by atoms with Crippen LogP contribution < -0.4 is 20.1 Å². The SMILES string of the molecule is Cc1nc(Nc2ccc3c(c2)OCO3)cc(NC(C)(C)C)n1. The average molecular weight is 300 g/mol. The Kier molecular flexibility index (Phi) is 3.52. The quantitative estimate of drug-likeness (QED) is 0.904. The zero-order valence-electron chi connectivity index (χ0n) is 13.2. The normalized spacial score (nSPS) is 13.1. The molecule has 22 heavy (non-hydrogen) atoms. The summed E-state index contributed by atoms with van der Waals surface area (Å²) in [7, 11) is 0. The van der Waals surface area contributed by atoms with Crippen LogP contribution in [-0.4, -0.2) is 22.3 Å². The molecule has 0 aliphatic carbocycles. The molecule has 6 nitrogen and oxygen atoms in total. The van der Waals surface area contributed by atoms with Crippen molar-refractivity contribution in [2.24, 2.45) is 0 Å². The summed E-state index contributed by atoms with van der Waals surface area (Å²) in [6.45, 7) is 8.42. The van der Waals surface area contributed by atoms with Gasteiger partial charge in [0.05, 0.1) is 0 Å². The number of anilines is 3. The van der Waals surface area contributed by atoms with Gasteiger partial charge in [-0.2, -0.15) is 0 Å². The van der Waals surface area contributed by atoms with Gasteiger partial charge in [0, 0.05) is 23.4 Å². The van der Waals surface area contributed by atoms with Gasteiger partial charge >= 0.3 is 0 Å². The van der Waals surface area contributed by atoms with Gasteiger partial charge in [0.25, 0.3) is 0 Å². The number of nitrogens with zero attached hydrogens (tertiary/aromatic N) is 2. The highest BCUT2D eigenvalue weighted by atomic mass is 16.7. The van der Waals surface area contributed by atoms with Gasteiger partial charge in [0.15, 0.2) is 11.5 Å². The van der Waals surface area contributed by atoms with Gasteiger partial charge in [-0.1, -0.05) is 0 Å². The van der Waals surface area contributed by atoms with Gasteiger partial charge in [0.2, 0.25) is 6.79 Å². The summed E-state index contributed by atoms with van der Waals surface area (Å²) in [5.74, 6) is 3.74. The Morgan fingerprint density at radius 3 is 2.50 bits per heavy atom. The third-order valence-corrected chi connectivity index (χ3v) is 2.99. The van der Waals surface area contributed by atoms with Crippen LogP contribution in [0.3, 0.4) is 0 Å². The maximum Gasteiger partial charge on any atom is 0.231 e. The summed E-state index contributed by atoms with van der Waals surface area (Å²) in [4.78, 5) is 8.83. The van der Waals surface area contributed by atoms with Crippen molar-refractivity contribution in [3.05, 3.63) is 30.1 Å². The van der Waals surface area contributed by atoms with E-state index >= 15 is 0 Å². The molecule has 0 saturated heterocycles. The molecule has 1 aliphatic rings. The maximum absolute atomic E-state index is 5.38.